The topological polar surface area (TPSA) is 145 Å². The standard InChI is InChI=1S/C48H82NO10P/c1-8-32-45-42(3)43(4)46(59-45)34-29-25-21-18-19-22-26-30-35-47(51)55-39-44(40-57-60(53,54)56-38-37-49(5,6)7)58-48(52)36-31-27-23-17-15-13-11-9-10-12-14-16-20-24-28-33-41(2)50/h10-13,16-17,20,23,41,44,50H,8-9,14-15,18-19,21-22,24-40H2,1-7H3/b12-10-,13-11-,20-16-,23-17-/t41-,44+/m0/s1. The number of ether oxygens (including phenoxy) is 2. The number of likely N-dealkylation sites (N-methyl/N-ethyl adjacent to an activating group) is 1. The van der Waals surface area contributed by atoms with E-state index in [2.05, 4.69) is 63.3 Å². The normalized spacial score (nSPS) is 14.5. The lowest BCUT2D eigenvalue weighted by Gasteiger charge is -2.28. The second kappa shape index (κ2) is 33.8. The molecule has 0 aliphatic carbocycles. The second-order valence-corrected chi connectivity index (χ2v) is 18.3. The van der Waals surface area contributed by atoms with E-state index in [4.69, 9.17) is 22.9 Å². The summed E-state index contributed by atoms with van der Waals surface area (Å²) in [6, 6.07) is 0. The van der Waals surface area contributed by atoms with Crippen molar-refractivity contribution in [2.45, 2.75) is 175 Å². The Hall–Kier alpha value is -2.79. The van der Waals surface area contributed by atoms with Crippen molar-refractivity contribution in [3.8, 4) is 0 Å². The minimum absolute atomic E-state index is 0.0552. The minimum atomic E-state index is -4.66. The molecule has 11 nitrogen and oxygen atoms in total. The van der Waals surface area contributed by atoms with Crippen LogP contribution < -0.4 is 4.89 Å². The Morgan fingerprint density at radius 1 is 0.717 bits per heavy atom. The number of hydrogen-bond donors (Lipinski definition) is 1. The molecule has 344 valence electrons. The summed E-state index contributed by atoms with van der Waals surface area (Å²) >= 11 is 0. The van der Waals surface area contributed by atoms with Crippen molar-refractivity contribution >= 4 is 19.8 Å². The van der Waals surface area contributed by atoms with Crippen LogP contribution in [0.15, 0.2) is 53.0 Å². The van der Waals surface area contributed by atoms with Gasteiger partial charge < -0.3 is 37.4 Å². The first-order chi connectivity index (χ1) is 28.6. The van der Waals surface area contributed by atoms with E-state index in [0.717, 1.165) is 101 Å². The maximum Gasteiger partial charge on any atom is 0.306 e. The zero-order valence-corrected chi connectivity index (χ0v) is 39.4. The highest BCUT2D eigenvalue weighted by molar-refractivity contribution is 7.45. The Balaban J connectivity index is 2.37. The number of carbonyl (C=O) groups excluding carboxylic acids is 2. The van der Waals surface area contributed by atoms with E-state index in [9.17, 15) is 24.2 Å². The quantitative estimate of drug-likeness (QED) is 0.0226. The molecule has 0 spiro atoms. The van der Waals surface area contributed by atoms with Gasteiger partial charge in [-0.05, 0) is 103 Å². The van der Waals surface area contributed by atoms with E-state index in [1.54, 1.807) is 0 Å². The molecule has 1 heterocycles. The number of esters is 2. The molecular weight excluding hydrogens is 781 g/mol. The van der Waals surface area contributed by atoms with Gasteiger partial charge in [-0.15, -0.1) is 0 Å². The fraction of sp³-hybridized carbons (Fsp3) is 0.708. The number of aliphatic hydroxyl groups is 1. The van der Waals surface area contributed by atoms with Crippen molar-refractivity contribution in [2.24, 2.45) is 0 Å². The van der Waals surface area contributed by atoms with Crippen LogP contribution in [-0.2, 0) is 45.5 Å². The average molecular weight is 864 g/mol. The molecule has 60 heavy (non-hydrogen) atoms. The van der Waals surface area contributed by atoms with Gasteiger partial charge in [-0.25, -0.2) is 0 Å². The number of aliphatic hydroxyl groups excluding tert-OH is 1. The summed E-state index contributed by atoms with van der Waals surface area (Å²) in [6.45, 7) is 7.91. The van der Waals surface area contributed by atoms with Crippen LogP contribution in [0.4, 0.5) is 0 Å². The summed E-state index contributed by atoms with van der Waals surface area (Å²) < 4.78 is 40.0. The van der Waals surface area contributed by atoms with Gasteiger partial charge in [-0.3, -0.25) is 14.2 Å². The Morgan fingerprint density at radius 3 is 1.80 bits per heavy atom. The van der Waals surface area contributed by atoms with E-state index in [1.807, 2.05) is 34.1 Å². The van der Waals surface area contributed by atoms with Crippen molar-refractivity contribution < 1.29 is 51.6 Å². The Bertz CT molecular complexity index is 1460. The monoisotopic (exact) mass is 864 g/mol. The predicted octanol–water partition coefficient (Wildman–Crippen LogP) is 10.7. The number of quaternary nitrogens is 1. The Kier molecular flexibility index (Phi) is 31.1. The van der Waals surface area contributed by atoms with E-state index in [-0.39, 0.29) is 32.2 Å². The van der Waals surface area contributed by atoms with Gasteiger partial charge in [0.25, 0.3) is 7.82 Å². The minimum Gasteiger partial charge on any atom is -0.756 e. The van der Waals surface area contributed by atoms with Crippen LogP contribution in [-0.4, -0.2) is 81.2 Å². The molecule has 0 bridgehead atoms. The van der Waals surface area contributed by atoms with Gasteiger partial charge in [0.15, 0.2) is 6.10 Å². The summed E-state index contributed by atoms with van der Waals surface area (Å²) in [6.07, 6.45) is 34.1. The molecule has 1 aromatic heterocycles. The molecule has 0 fully saturated rings. The van der Waals surface area contributed by atoms with Crippen molar-refractivity contribution in [1.82, 2.24) is 0 Å². The van der Waals surface area contributed by atoms with Crippen LogP contribution in [0.3, 0.4) is 0 Å². The lowest BCUT2D eigenvalue weighted by Crippen LogP contribution is -2.37. The summed E-state index contributed by atoms with van der Waals surface area (Å²) in [5.41, 5.74) is 2.62. The highest BCUT2D eigenvalue weighted by atomic mass is 31.2. The molecule has 1 unspecified atom stereocenters. The first-order valence-electron chi connectivity index (χ1n) is 22.7. The average Bonchev–Trinajstić information content (AvgIpc) is 3.44. The molecule has 0 saturated carbocycles. The fourth-order valence-corrected chi connectivity index (χ4v) is 6.97. The smallest absolute Gasteiger partial charge is 0.306 e. The van der Waals surface area contributed by atoms with Crippen LogP contribution in [0.1, 0.15) is 158 Å². The number of rotatable bonds is 37. The number of unbranched alkanes of at least 4 members (excludes halogenated alkanes) is 9. The van der Waals surface area contributed by atoms with E-state index in [1.165, 1.54) is 24.0 Å². The summed E-state index contributed by atoms with van der Waals surface area (Å²) in [5, 5.41) is 9.28. The number of hydrogen-bond acceptors (Lipinski definition) is 10. The third kappa shape index (κ3) is 31.1. The van der Waals surface area contributed by atoms with Crippen molar-refractivity contribution in [1.29, 1.82) is 0 Å². The third-order valence-electron chi connectivity index (χ3n) is 10.0. The molecular formula is C48H82NO10P. The number of allylic oxidation sites excluding steroid dienone is 8. The number of aryl methyl sites for hydroxylation is 2. The number of carbonyl (C=O) groups is 2. The van der Waals surface area contributed by atoms with Gasteiger partial charge in [0.05, 0.1) is 33.9 Å². The van der Waals surface area contributed by atoms with Crippen LogP contribution in [0.25, 0.3) is 0 Å². The largest absolute Gasteiger partial charge is 0.756 e. The van der Waals surface area contributed by atoms with Gasteiger partial charge in [0, 0.05) is 25.7 Å². The van der Waals surface area contributed by atoms with Crippen LogP contribution in [0.5, 0.6) is 0 Å². The lowest BCUT2D eigenvalue weighted by molar-refractivity contribution is -0.870. The zero-order valence-electron chi connectivity index (χ0n) is 38.5. The molecule has 0 amide bonds. The molecule has 12 heteroatoms. The lowest BCUT2D eigenvalue weighted by atomic mass is 10.0. The molecule has 1 N–H and O–H groups in total. The van der Waals surface area contributed by atoms with Crippen LogP contribution >= 0.6 is 7.82 Å². The summed E-state index contributed by atoms with van der Waals surface area (Å²) in [5.74, 6) is 1.34. The second-order valence-electron chi connectivity index (χ2n) is 16.9. The van der Waals surface area contributed by atoms with E-state index < -0.39 is 32.5 Å². The SMILES string of the molecule is CCCc1oc(CCCCCCCCCCC(=O)OC[C@H](COP(=O)([O-])OCC[N+](C)(C)C)OC(=O)CCC/C=C\C/C=C\C/C=C\C/C=C\CCC[C@H](C)O)c(C)c1C. The predicted molar refractivity (Wildman–Crippen MR) is 240 cm³/mol. The molecule has 0 saturated heterocycles. The highest BCUT2D eigenvalue weighted by Crippen LogP contribution is 2.38. The van der Waals surface area contributed by atoms with Gasteiger partial charge in [0.2, 0.25) is 0 Å². The Morgan fingerprint density at radius 2 is 1.23 bits per heavy atom. The molecule has 0 aromatic carbocycles. The van der Waals surface area contributed by atoms with Gasteiger partial charge >= 0.3 is 11.9 Å². The fourth-order valence-electron chi connectivity index (χ4n) is 6.24. The maximum atomic E-state index is 12.7. The first-order valence-corrected chi connectivity index (χ1v) is 24.2. The van der Waals surface area contributed by atoms with E-state index in [0.29, 0.717) is 30.3 Å². The van der Waals surface area contributed by atoms with Crippen molar-refractivity contribution in [2.75, 3.05) is 47.5 Å². The molecule has 1 aromatic rings. The summed E-state index contributed by atoms with van der Waals surface area (Å²) in [4.78, 5) is 37.6. The number of phosphoric ester groups is 1. The molecule has 0 aliphatic heterocycles. The summed E-state index contributed by atoms with van der Waals surface area (Å²) in [7, 11) is 1.08. The number of phosphoric acid groups is 1. The van der Waals surface area contributed by atoms with Crippen molar-refractivity contribution in [3.63, 3.8) is 0 Å². The maximum absolute atomic E-state index is 12.7. The zero-order chi connectivity index (χ0) is 44.5. The highest BCUT2D eigenvalue weighted by Gasteiger charge is 2.22. The molecule has 3 atom stereocenters. The number of furan rings is 1. The number of nitrogens with zero attached hydrogens (tertiary/aromatic N) is 1. The Labute approximate surface area is 363 Å². The van der Waals surface area contributed by atoms with E-state index >= 15 is 0 Å². The molecule has 1 rings (SSSR count). The molecule has 0 radical (unpaired) electrons. The van der Waals surface area contributed by atoms with Crippen LogP contribution in [0.2, 0.25) is 0 Å². The van der Waals surface area contributed by atoms with Crippen molar-refractivity contribution in [3.05, 3.63) is 71.3 Å². The first kappa shape index (κ1) is 55.2. The molecule has 0 aliphatic rings. The van der Waals surface area contributed by atoms with Crippen LogP contribution in [0, 0.1) is 13.8 Å². The van der Waals surface area contributed by atoms with Gasteiger partial charge in [-0.2, -0.15) is 0 Å². The third-order valence-corrected chi connectivity index (χ3v) is 11.0. The van der Waals surface area contributed by atoms with Gasteiger partial charge in [-0.1, -0.05) is 94.1 Å². The van der Waals surface area contributed by atoms with Gasteiger partial charge in [0.1, 0.15) is 31.3 Å².